The highest BCUT2D eigenvalue weighted by Crippen LogP contribution is 2.30. The Morgan fingerprint density at radius 2 is 1.89 bits per heavy atom. The first kappa shape index (κ1) is 19.2. The molecule has 4 amide bonds. The molecule has 0 atom stereocenters. The summed E-state index contributed by atoms with van der Waals surface area (Å²) in [4.78, 5) is 40.3. The molecule has 7 nitrogen and oxygen atoms in total. The summed E-state index contributed by atoms with van der Waals surface area (Å²) in [5.41, 5.74) is 1.27. The largest absolute Gasteiger partial charge is 0.483 e. The predicted molar refractivity (Wildman–Crippen MR) is 100 cm³/mol. The smallest absolute Gasteiger partial charge is 0.325 e. The standard InChI is InChI=1S/C20H27N3O4/c1-13(2)23-18(25)20(21-19(23)26)8-10-22(11-9-20)17(24)12-27-16-7-5-6-14(3)15(16)4/h5-7,13H,8-12H2,1-4H3,(H,21,26). The maximum Gasteiger partial charge on any atom is 0.325 e. The number of hydrogen-bond acceptors (Lipinski definition) is 4. The number of ether oxygens (including phenoxy) is 1. The van der Waals surface area contributed by atoms with Crippen molar-refractivity contribution in [1.82, 2.24) is 15.1 Å². The van der Waals surface area contributed by atoms with Crippen LogP contribution in [0.1, 0.15) is 37.8 Å². The minimum Gasteiger partial charge on any atom is -0.483 e. The maximum atomic E-state index is 12.7. The highest BCUT2D eigenvalue weighted by atomic mass is 16.5. The van der Waals surface area contributed by atoms with Crippen LogP contribution >= 0.6 is 0 Å². The van der Waals surface area contributed by atoms with E-state index in [9.17, 15) is 14.4 Å². The summed E-state index contributed by atoms with van der Waals surface area (Å²) in [5.74, 6) is 0.423. The van der Waals surface area contributed by atoms with E-state index in [-0.39, 0.29) is 30.5 Å². The van der Waals surface area contributed by atoms with Gasteiger partial charge in [-0.25, -0.2) is 4.79 Å². The van der Waals surface area contributed by atoms with Crippen molar-refractivity contribution in [3.05, 3.63) is 29.3 Å². The van der Waals surface area contributed by atoms with E-state index in [1.54, 1.807) is 4.90 Å². The molecule has 2 fully saturated rings. The average molecular weight is 373 g/mol. The van der Waals surface area contributed by atoms with Gasteiger partial charge in [0.2, 0.25) is 0 Å². The van der Waals surface area contributed by atoms with Crippen molar-refractivity contribution in [2.75, 3.05) is 19.7 Å². The maximum absolute atomic E-state index is 12.7. The minimum atomic E-state index is -0.869. The molecular formula is C20H27N3O4. The van der Waals surface area contributed by atoms with E-state index in [1.165, 1.54) is 4.90 Å². The van der Waals surface area contributed by atoms with Crippen LogP contribution in [0.4, 0.5) is 4.79 Å². The van der Waals surface area contributed by atoms with Gasteiger partial charge in [0, 0.05) is 19.1 Å². The van der Waals surface area contributed by atoms with Crippen LogP contribution in [0, 0.1) is 13.8 Å². The van der Waals surface area contributed by atoms with Crippen molar-refractivity contribution >= 4 is 17.8 Å². The minimum absolute atomic E-state index is 0.0320. The Kier molecular flexibility index (Phi) is 5.13. The summed E-state index contributed by atoms with van der Waals surface area (Å²) < 4.78 is 5.70. The summed E-state index contributed by atoms with van der Waals surface area (Å²) in [5, 5.41) is 2.85. The molecule has 0 aromatic heterocycles. The Labute approximate surface area is 159 Å². The normalized spacial score (nSPS) is 19.0. The van der Waals surface area contributed by atoms with Gasteiger partial charge in [-0.3, -0.25) is 14.5 Å². The number of imide groups is 1. The molecule has 1 aromatic carbocycles. The second-order valence-electron chi connectivity index (χ2n) is 7.65. The number of urea groups is 1. The zero-order chi connectivity index (χ0) is 19.8. The van der Waals surface area contributed by atoms with Gasteiger partial charge >= 0.3 is 6.03 Å². The van der Waals surface area contributed by atoms with Crippen molar-refractivity contribution in [2.24, 2.45) is 0 Å². The zero-order valence-corrected chi connectivity index (χ0v) is 16.4. The fourth-order valence-corrected chi connectivity index (χ4v) is 3.70. The van der Waals surface area contributed by atoms with Crippen molar-refractivity contribution in [1.29, 1.82) is 0 Å². The Balaban J connectivity index is 1.58. The van der Waals surface area contributed by atoms with Crippen LogP contribution in [-0.2, 0) is 9.59 Å². The summed E-state index contributed by atoms with van der Waals surface area (Å²) in [6.45, 7) is 8.42. The Morgan fingerprint density at radius 1 is 1.22 bits per heavy atom. The van der Waals surface area contributed by atoms with Gasteiger partial charge in [-0.05, 0) is 57.7 Å². The average Bonchev–Trinajstić information content (AvgIpc) is 2.86. The Morgan fingerprint density at radius 3 is 2.48 bits per heavy atom. The van der Waals surface area contributed by atoms with E-state index in [0.29, 0.717) is 31.7 Å². The number of benzene rings is 1. The molecule has 0 aliphatic carbocycles. The lowest BCUT2D eigenvalue weighted by Crippen LogP contribution is -2.56. The monoisotopic (exact) mass is 373 g/mol. The first-order valence-corrected chi connectivity index (χ1v) is 9.38. The van der Waals surface area contributed by atoms with Crippen molar-refractivity contribution in [3.63, 3.8) is 0 Å². The molecule has 7 heteroatoms. The van der Waals surface area contributed by atoms with E-state index in [4.69, 9.17) is 4.74 Å². The highest BCUT2D eigenvalue weighted by molar-refractivity contribution is 6.07. The van der Waals surface area contributed by atoms with Crippen LogP contribution in [0.25, 0.3) is 0 Å². The molecule has 1 aromatic rings. The number of carbonyl (C=O) groups excluding carboxylic acids is 3. The number of hydrogen-bond donors (Lipinski definition) is 1. The van der Waals surface area contributed by atoms with Gasteiger partial charge in [0.05, 0.1) is 0 Å². The highest BCUT2D eigenvalue weighted by Gasteiger charge is 2.53. The van der Waals surface area contributed by atoms with E-state index in [2.05, 4.69) is 5.32 Å². The number of nitrogens with one attached hydrogen (secondary N) is 1. The first-order chi connectivity index (χ1) is 12.7. The Bertz CT molecular complexity index is 766. The van der Waals surface area contributed by atoms with Gasteiger partial charge in [-0.2, -0.15) is 0 Å². The second-order valence-corrected chi connectivity index (χ2v) is 7.65. The van der Waals surface area contributed by atoms with E-state index < -0.39 is 5.54 Å². The summed E-state index contributed by atoms with van der Waals surface area (Å²) in [6.07, 6.45) is 0.853. The van der Waals surface area contributed by atoms with Crippen LogP contribution in [0.3, 0.4) is 0 Å². The van der Waals surface area contributed by atoms with Crippen LogP contribution < -0.4 is 10.1 Å². The lowest BCUT2D eigenvalue weighted by Gasteiger charge is -2.37. The molecule has 2 heterocycles. The summed E-state index contributed by atoms with van der Waals surface area (Å²) in [7, 11) is 0. The number of carbonyl (C=O) groups is 3. The fraction of sp³-hybridized carbons (Fsp3) is 0.550. The zero-order valence-electron chi connectivity index (χ0n) is 16.4. The Hall–Kier alpha value is -2.57. The SMILES string of the molecule is Cc1cccc(OCC(=O)N2CCC3(CC2)NC(=O)N(C(C)C)C3=O)c1C. The molecule has 146 valence electrons. The topological polar surface area (TPSA) is 79.0 Å². The summed E-state index contributed by atoms with van der Waals surface area (Å²) >= 11 is 0. The van der Waals surface area contributed by atoms with Gasteiger partial charge in [-0.1, -0.05) is 12.1 Å². The molecule has 3 rings (SSSR count). The molecule has 2 aliphatic rings. The number of rotatable bonds is 4. The van der Waals surface area contributed by atoms with Crippen LogP contribution in [0.15, 0.2) is 18.2 Å². The predicted octanol–water partition coefficient (Wildman–Crippen LogP) is 2.00. The first-order valence-electron chi connectivity index (χ1n) is 9.38. The molecule has 0 radical (unpaired) electrons. The van der Waals surface area contributed by atoms with E-state index in [1.807, 2.05) is 45.9 Å². The number of nitrogens with zero attached hydrogens (tertiary/aromatic N) is 2. The number of aryl methyl sites for hydroxylation is 1. The van der Waals surface area contributed by atoms with Crippen molar-refractivity contribution < 1.29 is 19.1 Å². The molecule has 2 aliphatic heterocycles. The fourth-order valence-electron chi connectivity index (χ4n) is 3.70. The molecule has 0 bridgehead atoms. The van der Waals surface area contributed by atoms with Crippen molar-refractivity contribution in [3.8, 4) is 5.75 Å². The molecule has 1 N–H and O–H groups in total. The molecular weight excluding hydrogens is 346 g/mol. The quantitative estimate of drug-likeness (QED) is 0.819. The molecule has 0 saturated carbocycles. The van der Waals surface area contributed by atoms with Gasteiger partial charge in [0.15, 0.2) is 6.61 Å². The third-order valence-corrected chi connectivity index (χ3v) is 5.59. The third kappa shape index (κ3) is 3.50. The van der Waals surface area contributed by atoms with Crippen LogP contribution in [-0.4, -0.2) is 58.9 Å². The van der Waals surface area contributed by atoms with Gasteiger partial charge < -0.3 is 15.0 Å². The molecule has 27 heavy (non-hydrogen) atoms. The molecule has 0 unspecified atom stereocenters. The number of likely N-dealkylation sites (tertiary alicyclic amines) is 1. The van der Waals surface area contributed by atoms with Crippen molar-refractivity contribution in [2.45, 2.75) is 52.1 Å². The number of amides is 4. The molecule has 1 spiro atoms. The van der Waals surface area contributed by atoms with E-state index >= 15 is 0 Å². The van der Waals surface area contributed by atoms with Gasteiger partial charge in [0.25, 0.3) is 11.8 Å². The van der Waals surface area contributed by atoms with Gasteiger partial charge in [-0.15, -0.1) is 0 Å². The summed E-state index contributed by atoms with van der Waals surface area (Å²) in [6, 6.07) is 5.24. The van der Waals surface area contributed by atoms with E-state index in [0.717, 1.165) is 11.1 Å². The lowest BCUT2D eigenvalue weighted by molar-refractivity contribution is -0.140. The van der Waals surface area contributed by atoms with Crippen LogP contribution in [0.5, 0.6) is 5.75 Å². The second kappa shape index (κ2) is 7.21. The number of piperidine rings is 1. The lowest BCUT2D eigenvalue weighted by atomic mass is 9.87. The molecule has 2 saturated heterocycles. The third-order valence-electron chi connectivity index (χ3n) is 5.59. The van der Waals surface area contributed by atoms with Crippen LogP contribution in [0.2, 0.25) is 0 Å². The van der Waals surface area contributed by atoms with Gasteiger partial charge in [0.1, 0.15) is 11.3 Å².